The van der Waals surface area contributed by atoms with Crippen molar-refractivity contribution in [3.05, 3.63) is 73.1 Å². The quantitative estimate of drug-likeness (QED) is 0.380. The van der Waals surface area contributed by atoms with E-state index >= 15 is 0 Å². The molecule has 0 aliphatic carbocycles. The van der Waals surface area contributed by atoms with Crippen molar-refractivity contribution in [2.24, 2.45) is 0 Å². The van der Waals surface area contributed by atoms with Crippen LogP contribution in [0.5, 0.6) is 0 Å². The summed E-state index contributed by atoms with van der Waals surface area (Å²) in [6.45, 7) is 0. The Morgan fingerprint density at radius 3 is 1.31 bits per heavy atom. The van der Waals surface area contributed by atoms with E-state index in [0.717, 1.165) is 56.0 Å². The molecule has 0 aliphatic rings. The molecule has 158 valence electrons. The van der Waals surface area contributed by atoms with Gasteiger partial charge in [0.1, 0.15) is 0 Å². The summed E-state index contributed by atoms with van der Waals surface area (Å²) in [6, 6.07) is 20.5. The third kappa shape index (κ3) is 3.60. The second-order valence-corrected chi connectivity index (χ2v) is 8.19. The zero-order valence-corrected chi connectivity index (χ0v) is 18.6. The normalized spacial score (nSPS) is 11.1. The molecular formula is C26H24N6. The van der Waals surface area contributed by atoms with Crippen molar-refractivity contribution in [1.82, 2.24) is 19.9 Å². The van der Waals surface area contributed by atoms with Crippen LogP contribution in [0.2, 0.25) is 0 Å². The van der Waals surface area contributed by atoms with Gasteiger partial charge in [0.15, 0.2) is 0 Å². The standard InChI is InChI=1S/C26H24N6/c1-31(2)19-11-13-27-23(15-19)21-9-7-17-5-6-18-8-10-22(30-26(18)25(17)29-21)24-16-20(32(3)4)12-14-28-24/h5-16H,1-4H3. The molecule has 0 unspecified atom stereocenters. The molecule has 0 N–H and O–H groups in total. The van der Waals surface area contributed by atoms with E-state index in [2.05, 4.69) is 56.2 Å². The number of aromatic nitrogens is 4. The third-order valence-corrected chi connectivity index (χ3v) is 5.56. The Morgan fingerprint density at radius 2 is 0.906 bits per heavy atom. The number of pyridine rings is 4. The summed E-state index contributed by atoms with van der Waals surface area (Å²) in [4.78, 5) is 23.2. The lowest BCUT2D eigenvalue weighted by molar-refractivity contribution is 1.12. The first kappa shape index (κ1) is 19.9. The maximum absolute atomic E-state index is 4.98. The van der Waals surface area contributed by atoms with Crippen molar-refractivity contribution < 1.29 is 0 Å². The van der Waals surface area contributed by atoms with Crippen LogP contribution in [0.15, 0.2) is 73.1 Å². The Labute approximate surface area is 187 Å². The van der Waals surface area contributed by atoms with Crippen LogP contribution in [0.1, 0.15) is 0 Å². The maximum atomic E-state index is 4.98. The summed E-state index contributed by atoms with van der Waals surface area (Å²) in [5.41, 5.74) is 7.23. The van der Waals surface area contributed by atoms with Crippen molar-refractivity contribution in [3.63, 3.8) is 0 Å². The Kier molecular flexibility index (Phi) is 4.90. The Hall–Kier alpha value is -4.06. The summed E-state index contributed by atoms with van der Waals surface area (Å²) >= 11 is 0. The van der Waals surface area contributed by atoms with Crippen molar-refractivity contribution in [1.29, 1.82) is 0 Å². The first-order valence-corrected chi connectivity index (χ1v) is 10.5. The molecule has 0 atom stereocenters. The highest BCUT2D eigenvalue weighted by Crippen LogP contribution is 2.29. The average molecular weight is 421 g/mol. The van der Waals surface area contributed by atoms with Gasteiger partial charge in [0.2, 0.25) is 0 Å². The van der Waals surface area contributed by atoms with Gasteiger partial charge in [-0.25, -0.2) is 9.97 Å². The number of fused-ring (bicyclic) bond motifs is 3. The number of anilines is 2. The van der Waals surface area contributed by atoms with Crippen LogP contribution in [-0.2, 0) is 0 Å². The molecular weight excluding hydrogens is 396 g/mol. The van der Waals surface area contributed by atoms with Gasteiger partial charge in [-0.1, -0.05) is 24.3 Å². The van der Waals surface area contributed by atoms with Crippen LogP contribution >= 0.6 is 0 Å². The minimum Gasteiger partial charge on any atom is -0.378 e. The molecule has 0 amide bonds. The van der Waals surface area contributed by atoms with E-state index in [-0.39, 0.29) is 0 Å². The fourth-order valence-corrected chi connectivity index (χ4v) is 3.73. The zero-order chi connectivity index (χ0) is 22.2. The molecule has 0 fully saturated rings. The van der Waals surface area contributed by atoms with E-state index in [1.807, 2.05) is 64.8 Å². The smallest absolute Gasteiger partial charge is 0.0973 e. The maximum Gasteiger partial charge on any atom is 0.0973 e. The van der Waals surface area contributed by atoms with Gasteiger partial charge in [0.05, 0.1) is 33.8 Å². The molecule has 5 aromatic rings. The molecule has 4 heterocycles. The summed E-state index contributed by atoms with van der Waals surface area (Å²) < 4.78 is 0. The molecule has 5 rings (SSSR count). The van der Waals surface area contributed by atoms with Gasteiger partial charge < -0.3 is 9.80 Å². The molecule has 0 aliphatic heterocycles. The number of hydrogen-bond donors (Lipinski definition) is 0. The fraction of sp³-hybridized carbons (Fsp3) is 0.154. The minimum absolute atomic E-state index is 0.827. The van der Waals surface area contributed by atoms with Crippen LogP contribution in [0.25, 0.3) is 44.6 Å². The Bertz CT molecular complexity index is 1330. The SMILES string of the molecule is CN(C)c1ccnc(-c2ccc3ccc4ccc(-c5cc(N(C)C)ccn5)nc4c3n2)c1. The lowest BCUT2D eigenvalue weighted by atomic mass is 10.1. The van der Waals surface area contributed by atoms with Gasteiger partial charge in [-0.2, -0.15) is 0 Å². The molecule has 0 saturated heterocycles. The van der Waals surface area contributed by atoms with Crippen molar-refractivity contribution >= 4 is 33.2 Å². The largest absolute Gasteiger partial charge is 0.378 e. The lowest BCUT2D eigenvalue weighted by Crippen LogP contribution is -2.08. The molecule has 0 spiro atoms. The van der Waals surface area contributed by atoms with Gasteiger partial charge in [-0.15, -0.1) is 0 Å². The Morgan fingerprint density at radius 1 is 0.500 bits per heavy atom. The van der Waals surface area contributed by atoms with E-state index in [0.29, 0.717) is 0 Å². The summed E-state index contributed by atoms with van der Waals surface area (Å²) in [5, 5.41) is 2.09. The predicted octanol–water partition coefficient (Wildman–Crippen LogP) is 5.04. The average Bonchev–Trinajstić information content (AvgIpc) is 2.83. The highest BCUT2D eigenvalue weighted by molar-refractivity contribution is 6.04. The first-order chi connectivity index (χ1) is 15.5. The molecule has 0 bridgehead atoms. The van der Waals surface area contributed by atoms with Gasteiger partial charge in [0.25, 0.3) is 0 Å². The molecule has 32 heavy (non-hydrogen) atoms. The second-order valence-electron chi connectivity index (χ2n) is 8.19. The number of rotatable bonds is 4. The first-order valence-electron chi connectivity index (χ1n) is 10.5. The molecule has 6 heteroatoms. The highest BCUT2D eigenvalue weighted by atomic mass is 15.1. The second kappa shape index (κ2) is 7.89. The van der Waals surface area contributed by atoms with Crippen LogP contribution in [0.3, 0.4) is 0 Å². The van der Waals surface area contributed by atoms with Crippen LogP contribution < -0.4 is 9.80 Å². The van der Waals surface area contributed by atoms with Crippen molar-refractivity contribution in [2.45, 2.75) is 0 Å². The summed E-state index contributed by atoms with van der Waals surface area (Å²) in [7, 11) is 8.08. The highest BCUT2D eigenvalue weighted by Gasteiger charge is 2.11. The minimum atomic E-state index is 0.827. The van der Waals surface area contributed by atoms with E-state index < -0.39 is 0 Å². The van der Waals surface area contributed by atoms with E-state index in [1.165, 1.54) is 0 Å². The molecule has 1 aromatic carbocycles. The topological polar surface area (TPSA) is 58.0 Å². The monoisotopic (exact) mass is 420 g/mol. The van der Waals surface area contributed by atoms with Crippen LogP contribution in [-0.4, -0.2) is 48.1 Å². The van der Waals surface area contributed by atoms with Gasteiger partial charge in [-0.05, 0) is 36.4 Å². The Balaban J connectivity index is 1.68. The zero-order valence-electron chi connectivity index (χ0n) is 18.6. The molecule has 0 saturated carbocycles. The van der Waals surface area contributed by atoms with E-state index in [1.54, 1.807) is 0 Å². The molecule has 6 nitrogen and oxygen atoms in total. The lowest BCUT2D eigenvalue weighted by Gasteiger charge is -2.13. The van der Waals surface area contributed by atoms with Crippen LogP contribution in [0, 0.1) is 0 Å². The number of hydrogen-bond acceptors (Lipinski definition) is 6. The predicted molar refractivity (Wildman–Crippen MR) is 132 cm³/mol. The third-order valence-electron chi connectivity index (χ3n) is 5.56. The van der Waals surface area contributed by atoms with Crippen molar-refractivity contribution in [2.75, 3.05) is 38.0 Å². The van der Waals surface area contributed by atoms with E-state index in [4.69, 9.17) is 9.97 Å². The van der Waals surface area contributed by atoms with Crippen molar-refractivity contribution in [3.8, 4) is 22.8 Å². The van der Waals surface area contributed by atoms with E-state index in [9.17, 15) is 0 Å². The molecule has 0 radical (unpaired) electrons. The van der Waals surface area contributed by atoms with Gasteiger partial charge >= 0.3 is 0 Å². The van der Waals surface area contributed by atoms with Gasteiger partial charge in [-0.3, -0.25) is 9.97 Å². The molecule has 4 aromatic heterocycles. The summed E-state index contributed by atoms with van der Waals surface area (Å²) in [6.07, 6.45) is 3.64. The summed E-state index contributed by atoms with van der Waals surface area (Å²) in [5.74, 6) is 0. The number of benzene rings is 1. The number of nitrogens with zero attached hydrogens (tertiary/aromatic N) is 6. The fourth-order valence-electron chi connectivity index (χ4n) is 3.73. The van der Waals surface area contributed by atoms with Crippen LogP contribution in [0.4, 0.5) is 11.4 Å². The van der Waals surface area contributed by atoms with Gasteiger partial charge in [0, 0.05) is 62.7 Å².